The molecule has 166 valence electrons. The molecule has 1 saturated heterocycles. The summed E-state index contributed by atoms with van der Waals surface area (Å²) in [5.41, 5.74) is 0.636. The number of nitrogens with zero attached hydrogens (tertiary/aromatic N) is 4. The fourth-order valence-corrected chi connectivity index (χ4v) is 3.72. The SMILES string of the molecule is CON=C1C[C@@H](c2nc(C)no2)N(C(=O)c2ccc(-c3ccccc3C(F)(F)F)cc2)C1. The molecule has 2 aromatic carbocycles. The second-order valence-electron chi connectivity index (χ2n) is 7.29. The van der Waals surface area contributed by atoms with E-state index < -0.39 is 17.8 Å². The molecule has 2 heterocycles. The molecular formula is C22H19F3N4O3. The molecule has 1 aromatic heterocycles. The van der Waals surface area contributed by atoms with Gasteiger partial charge in [-0.15, -0.1) is 0 Å². The van der Waals surface area contributed by atoms with E-state index in [4.69, 9.17) is 9.36 Å². The van der Waals surface area contributed by atoms with Crippen LogP contribution in [0.15, 0.2) is 58.2 Å². The number of halogens is 3. The van der Waals surface area contributed by atoms with Gasteiger partial charge in [0, 0.05) is 12.0 Å². The van der Waals surface area contributed by atoms with E-state index in [1.165, 1.54) is 48.4 Å². The largest absolute Gasteiger partial charge is 0.417 e. The van der Waals surface area contributed by atoms with E-state index >= 15 is 0 Å². The molecule has 7 nitrogen and oxygen atoms in total. The number of oxime groups is 1. The molecule has 0 unspecified atom stereocenters. The van der Waals surface area contributed by atoms with Gasteiger partial charge in [0.2, 0.25) is 5.89 Å². The Hall–Kier alpha value is -3.69. The van der Waals surface area contributed by atoms with Crippen LogP contribution in [0.25, 0.3) is 11.1 Å². The van der Waals surface area contributed by atoms with Gasteiger partial charge < -0.3 is 14.3 Å². The van der Waals surface area contributed by atoms with E-state index in [1.54, 1.807) is 13.0 Å². The number of likely N-dealkylation sites (tertiary alicyclic amines) is 1. The maximum absolute atomic E-state index is 13.3. The number of rotatable bonds is 4. The van der Waals surface area contributed by atoms with Crippen molar-refractivity contribution in [1.29, 1.82) is 0 Å². The van der Waals surface area contributed by atoms with E-state index in [0.29, 0.717) is 29.1 Å². The summed E-state index contributed by atoms with van der Waals surface area (Å²) in [6.45, 7) is 1.88. The second-order valence-corrected chi connectivity index (χ2v) is 7.29. The first-order valence-corrected chi connectivity index (χ1v) is 9.74. The summed E-state index contributed by atoms with van der Waals surface area (Å²) in [6, 6.07) is 10.8. The minimum atomic E-state index is -4.48. The summed E-state index contributed by atoms with van der Waals surface area (Å²) in [4.78, 5) is 23.8. The fraction of sp³-hybridized carbons (Fsp3) is 0.273. The van der Waals surface area contributed by atoms with Crippen LogP contribution in [0.3, 0.4) is 0 Å². The highest BCUT2D eigenvalue weighted by Crippen LogP contribution is 2.37. The standard InChI is InChI=1S/C22H19F3N4O3/c1-13-26-20(32-27-13)19-11-16(28-31-2)12-29(19)21(30)15-9-7-14(8-10-15)17-5-3-4-6-18(17)22(23,24)25/h3-10,19H,11-12H2,1-2H3/t19-/m0/s1. The van der Waals surface area contributed by atoms with Crippen molar-refractivity contribution in [2.75, 3.05) is 13.7 Å². The van der Waals surface area contributed by atoms with Gasteiger partial charge in [-0.2, -0.15) is 18.2 Å². The summed E-state index contributed by atoms with van der Waals surface area (Å²) < 4.78 is 45.3. The van der Waals surface area contributed by atoms with Gasteiger partial charge in [-0.1, -0.05) is 40.6 Å². The number of amides is 1. The third-order valence-electron chi connectivity index (χ3n) is 5.14. The Labute approximate surface area is 181 Å². The summed E-state index contributed by atoms with van der Waals surface area (Å²) in [5, 5.41) is 7.73. The van der Waals surface area contributed by atoms with Crippen LogP contribution in [0.2, 0.25) is 0 Å². The van der Waals surface area contributed by atoms with Crippen molar-refractivity contribution >= 4 is 11.6 Å². The Morgan fingerprint density at radius 3 is 2.53 bits per heavy atom. The highest BCUT2D eigenvalue weighted by molar-refractivity contribution is 6.00. The van der Waals surface area contributed by atoms with E-state index in [2.05, 4.69) is 15.3 Å². The topological polar surface area (TPSA) is 80.8 Å². The van der Waals surface area contributed by atoms with E-state index in [9.17, 15) is 18.0 Å². The van der Waals surface area contributed by atoms with Crippen LogP contribution in [0.1, 0.15) is 40.1 Å². The van der Waals surface area contributed by atoms with Gasteiger partial charge in [0.15, 0.2) is 5.82 Å². The van der Waals surface area contributed by atoms with Gasteiger partial charge in [-0.05, 0) is 36.2 Å². The molecule has 10 heteroatoms. The minimum Gasteiger partial charge on any atom is -0.399 e. The molecule has 3 aromatic rings. The fourth-order valence-electron chi connectivity index (χ4n) is 3.72. The monoisotopic (exact) mass is 444 g/mol. The van der Waals surface area contributed by atoms with Crippen LogP contribution in [-0.4, -0.2) is 40.3 Å². The van der Waals surface area contributed by atoms with Gasteiger partial charge in [0.05, 0.1) is 17.8 Å². The zero-order valence-corrected chi connectivity index (χ0v) is 17.3. The molecule has 32 heavy (non-hydrogen) atoms. The summed E-state index contributed by atoms with van der Waals surface area (Å²) in [5.74, 6) is 0.396. The van der Waals surface area contributed by atoms with Crippen molar-refractivity contribution < 1.29 is 27.3 Å². The van der Waals surface area contributed by atoms with Crippen LogP contribution >= 0.6 is 0 Å². The first kappa shape index (κ1) is 21.5. The van der Waals surface area contributed by atoms with Crippen LogP contribution < -0.4 is 0 Å². The Morgan fingerprint density at radius 1 is 1.19 bits per heavy atom. The summed E-state index contributed by atoms with van der Waals surface area (Å²) >= 11 is 0. The number of aromatic nitrogens is 2. The Balaban J connectivity index is 1.63. The maximum atomic E-state index is 13.3. The minimum absolute atomic E-state index is 0.0499. The highest BCUT2D eigenvalue weighted by atomic mass is 19.4. The lowest BCUT2D eigenvalue weighted by molar-refractivity contribution is -0.137. The van der Waals surface area contributed by atoms with Crippen LogP contribution in [0.4, 0.5) is 13.2 Å². The number of carbonyl (C=O) groups is 1. The Bertz CT molecular complexity index is 1160. The Morgan fingerprint density at radius 2 is 1.91 bits per heavy atom. The quantitative estimate of drug-likeness (QED) is 0.547. The van der Waals surface area contributed by atoms with E-state index in [1.807, 2.05) is 0 Å². The molecular weight excluding hydrogens is 425 g/mol. The normalized spacial score (nSPS) is 17.7. The lowest BCUT2D eigenvalue weighted by atomic mass is 9.98. The first-order chi connectivity index (χ1) is 15.3. The summed E-state index contributed by atoms with van der Waals surface area (Å²) in [6.07, 6.45) is -4.11. The van der Waals surface area contributed by atoms with Crippen LogP contribution in [0.5, 0.6) is 0 Å². The molecule has 0 aliphatic carbocycles. The smallest absolute Gasteiger partial charge is 0.399 e. The van der Waals surface area contributed by atoms with E-state index in [-0.39, 0.29) is 23.9 Å². The predicted octanol–water partition coefficient (Wildman–Crippen LogP) is 4.65. The van der Waals surface area contributed by atoms with Crippen molar-refractivity contribution in [3.05, 3.63) is 71.4 Å². The molecule has 0 bridgehead atoms. The molecule has 4 rings (SSSR count). The maximum Gasteiger partial charge on any atom is 0.417 e. The first-order valence-electron chi connectivity index (χ1n) is 9.74. The van der Waals surface area contributed by atoms with Crippen LogP contribution in [-0.2, 0) is 11.0 Å². The molecule has 1 atom stereocenters. The number of alkyl halides is 3. The number of carbonyl (C=O) groups excluding carboxylic acids is 1. The van der Waals surface area contributed by atoms with Crippen molar-refractivity contribution in [3.8, 4) is 11.1 Å². The zero-order chi connectivity index (χ0) is 22.9. The Kier molecular flexibility index (Phi) is 5.68. The molecule has 0 radical (unpaired) electrons. The molecule has 1 fully saturated rings. The molecule has 1 amide bonds. The van der Waals surface area contributed by atoms with Crippen molar-refractivity contribution in [1.82, 2.24) is 15.0 Å². The van der Waals surface area contributed by atoms with Crippen molar-refractivity contribution in [3.63, 3.8) is 0 Å². The second kappa shape index (κ2) is 8.45. The highest BCUT2D eigenvalue weighted by Gasteiger charge is 2.38. The third-order valence-corrected chi connectivity index (χ3v) is 5.14. The van der Waals surface area contributed by atoms with Gasteiger partial charge in [0.25, 0.3) is 5.91 Å². The van der Waals surface area contributed by atoms with Crippen LogP contribution in [0, 0.1) is 6.92 Å². The number of hydrogen-bond acceptors (Lipinski definition) is 6. The van der Waals surface area contributed by atoms with E-state index in [0.717, 1.165) is 6.07 Å². The molecule has 0 saturated carbocycles. The van der Waals surface area contributed by atoms with Gasteiger partial charge in [-0.25, -0.2) is 0 Å². The molecule has 0 spiro atoms. The van der Waals surface area contributed by atoms with Gasteiger partial charge in [-0.3, -0.25) is 4.79 Å². The third kappa shape index (κ3) is 4.20. The van der Waals surface area contributed by atoms with Crippen molar-refractivity contribution in [2.24, 2.45) is 5.16 Å². The zero-order valence-electron chi connectivity index (χ0n) is 17.3. The van der Waals surface area contributed by atoms with Crippen molar-refractivity contribution in [2.45, 2.75) is 25.6 Å². The average Bonchev–Trinajstić information content (AvgIpc) is 3.39. The van der Waals surface area contributed by atoms with Gasteiger partial charge >= 0.3 is 6.18 Å². The number of aryl methyl sites for hydroxylation is 1. The number of hydrogen-bond donors (Lipinski definition) is 0. The average molecular weight is 444 g/mol. The summed E-state index contributed by atoms with van der Waals surface area (Å²) in [7, 11) is 1.42. The molecule has 1 aliphatic rings. The predicted molar refractivity (Wildman–Crippen MR) is 109 cm³/mol. The number of benzene rings is 2. The lowest BCUT2D eigenvalue weighted by Gasteiger charge is -2.21. The van der Waals surface area contributed by atoms with Gasteiger partial charge in [0.1, 0.15) is 13.2 Å². The molecule has 1 aliphatic heterocycles. The lowest BCUT2D eigenvalue weighted by Crippen LogP contribution is -2.31. The molecule has 0 N–H and O–H groups in total.